The minimum Gasteiger partial charge on any atom is -0.260 e. The molecule has 0 saturated heterocycles. The standard InChI is InChI=1S/C12H9BrFN/c13-7-12-6-3-10(8-15-12)9-1-4-11(14)5-2-9/h1-6,8H,7H2. The first kappa shape index (κ1) is 10.3. The van der Waals surface area contributed by atoms with Crippen molar-refractivity contribution in [2.75, 3.05) is 0 Å². The maximum absolute atomic E-state index is 12.7. The first-order valence-corrected chi connectivity index (χ1v) is 5.68. The average molecular weight is 266 g/mol. The highest BCUT2D eigenvalue weighted by molar-refractivity contribution is 9.08. The number of benzene rings is 1. The van der Waals surface area contributed by atoms with Crippen LogP contribution in [0, 0.1) is 5.82 Å². The molecule has 0 saturated carbocycles. The number of hydrogen-bond acceptors (Lipinski definition) is 1. The van der Waals surface area contributed by atoms with E-state index in [-0.39, 0.29) is 5.82 Å². The summed E-state index contributed by atoms with van der Waals surface area (Å²) < 4.78 is 12.7. The van der Waals surface area contributed by atoms with Gasteiger partial charge in [-0.05, 0) is 23.8 Å². The SMILES string of the molecule is Fc1ccc(-c2ccc(CBr)nc2)cc1. The Balaban J connectivity index is 2.33. The van der Waals surface area contributed by atoms with Gasteiger partial charge in [0, 0.05) is 17.1 Å². The fourth-order valence-corrected chi connectivity index (χ4v) is 1.65. The summed E-state index contributed by atoms with van der Waals surface area (Å²) in [6.45, 7) is 0. The second kappa shape index (κ2) is 4.53. The molecule has 0 radical (unpaired) electrons. The van der Waals surface area contributed by atoms with E-state index in [1.807, 2.05) is 12.1 Å². The number of halogens is 2. The first-order valence-electron chi connectivity index (χ1n) is 4.56. The second-order valence-corrected chi connectivity index (χ2v) is 3.74. The Morgan fingerprint density at radius 3 is 2.20 bits per heavy atom. The normalized spacial score (nSPS) is 10.3. The van der Waals surface area contributed by atoms with Gasteiger partial charge >= 0.3 is 0 Å². The summed E-state index contributed by atoms with van der Waals surface area (Å²) in [4.78, 5) is 4.26. The van der Waals surface area contributed by atoms with E-state index in [1.165, 1.54) is 12.1 Å². The fraction of sp³-hybridized carbons (Fsp3) is 0.0833. The molecule has 1 nitrogen and oxygen atoms in total. The molecule has 0 spiro atoms. The molecule has 0 bridgehead atoms. The van der Waals surface area contributed by atoms with Gasteiger partial charge in [-0.25, -0.2) is 4.39 Å². The predicted molar refractivity (Wildman–Crippen MR) is 62.3 cm³/mol. The third-order valence-corrected chi connectivity index (χ3v) is 2.71. The lowest BCUT2D eigenvalue weighted by Crippen LogP contribution is -1.85. The summed E-state index contributed by atoms with van der Waals surface area (Å²) in [6, 6.07) is 10.3. The molecule has 2 rings (SSSR count). The van der Waals surface area contributed by atoms with E-state index in [1.54, 1.807) is 18.3 Å². The Labute approximate surface area is 96.1 Å². The minimum atomic E-state index is -0.219. The molecule has 1 aromatic carbocycles. The maximum atomic E-state index is 12.7. The molecule has 0 N–H and O–H groups in total. The second-order valence-electron chi connectivity index (χ2n) is 3.18. The van der Waals surface area contributed by atoms with Crippen LogP contribution >= 0.6 is 15.9 Å². The Morgan fingerprint density at radius 2 is 1.67 bits per heavy atom. The van der Waals surface area contributed by atoms with E-state index < -0.39 is 0 Å². The quantitative estimate of drug-likeness (QED) is 0.754. The lowest BCUT2D eigenvalue weighted by molar-refractivity contribution is 0.628. The van der Waals surface area contributed by atoms with Crippen molar-refractivity contribution in [2.24, 2.45) is 0 Å². The Kier molecular flexibility index (Phi) is 3.11. The molecule has 76 valence electrons. The summed E-state index contributed by atoms with van der Waals surface area (Å²) in [5, 5.41) is 0.747. The maximum Gasteiger partial charge on any atom is 0.123 e. The van der Waals surface area contributed by atoms with Crippen LogP contribution in [0.3, 0.4) is 0 Å². The Bertz CT molecular complexity index is 436. The van der Waals surface area contributed by atoms with Crippen molar-refractivity contribution in [1.29, 1.82) is 0 Å². The lowest BCUT2D eigenvalue weighted by Gasteiger charge is -2.01. The highest BCUT2D eigenvalue weighted by Crippen LogP contribution is 2.19. The summed E-state index contributed by atoms with van der Waals surface area (Å²) in [6.07, 6.45) is 1.80. The van der Waals surface area contributed by atoms with Gasteiger partial charge in [0.15, 0.2) is 0 Å². The first-order chi connectivity index (χ1) is 7.29. The number of rotatable bonds is 2. The topological polar surface area (TPSA) is 12.9 Å². The zero-order valence-corrected chi connectivity index (χ0v) is 9.54. The van der Waals surface area contributed by atoms with E-state index in [2.05, 4.69) is 20.9 Å². The van der Waals surface area contributed by atoms with Crippen LogP contribution in [-0.4, -0.2) is 4.98 Å². The van der Waals surface area contributed by atoms with Gasteiger partial charge in [0.25, 0.3) is 0 Å². The number of aromatic nitrogens is 1. The number of alkyl halides is 1. The fourth-order valence-electron chi connectivity index (χ4n) is 1.32. The molecule has 2 aromatic rings. The van der Waals surface area contributed by atoms with Gasteiger partial charge in [-0.1, -0.05) is 34.1 Å². The Morgan fingerprint density at radius 1 is 1.00 bits per heavy atom. The van der Waals surface area contributed by atoms with Crippen LogP contribution in [0.15, 0.2) is 42.6 Å². The zero-order chi connectivity index (χ0) is 10.7. The smallest absolute Gasteiger partial charge is 0.123 e. The molecular weight excluding hydrogens is 257 g/mol. The van der Waals surface area contributed by atoms with Gasteiger partial charge in [-0.2, -0.15) is 0 Å². The molecule has 0 aliphatic carbocycles. The molecule has 1 heterocycles. The summed E-state index contributed by atoms with van der Waals surface area (Å²) in [5.74, 6) is -0.219. The molecule has 3 heteroatoms. The van der Waals surface area contributed by atoms with Crippen LogP contribution in [0.4, 0.5) is 4.39 Å². The van der Waals surface area contributed by atoms with Gasteiger partial charge in [0.05, 0.1) is 5.69 Å². The van der Waals surface area contributed by atoms with E-state index in [0.29, 0.717) is 0 Å². The van der Waals surface area contributed by atoms with Gasteiger partial charge in [-0.3, -0.25) is 4.98 Å². The van der Waals surface area contributed by atoms with Crippen molar-refractivity contribution in [2.45, 2.75) is 5.33 Å². The molecule has 0 atom stereocenters. The number of pyridine rings is 1. The van der Waals surface area contributed by atoms with E-state index >= 15 is 0 Å². The molecule has 0 aliphatic heterocycles. The van der Waals surface area contributed by atoms with Crippen LogP contribution in [0.25, 0.3) is 11.1 Å². The Hall–Kier alpha value is -1.22. The molecule has 0 amide bonds. The van der Waals surface area contributed by atoms with E-state index in [9.17, 15) is 4.39 Å². The largest absolute Gasteiger partial charge is 0.260 e. The van der Waals surface area contributed by atoms with Gasteiger partial charge < -0.3 is 0 Å². The lowest BCUT2D eigenvalue weighted by atomic mass is 10.1. The molecule has 0 aliphatic rings. The predicted octanol–water partition coefficient (Wildman–Crippen LogP) is 3.78. The number of nitrogens with zero attached hydrogens (tertiary/aromatic N) is 1. The van der Waals surface area contributed by atoms with Crippen LogP contribution in [0.2, 0.25) is 0 Å². The van der Waals surface area contributed by atoms with Gasteiger partial charge in [-0.15, -0.1) is 0 Å². The third-order valence-electron chi connectivity index (χ3n) is 2.14. The van der Waals surface area contributed by atoms with Crippen molar-refractivity contribution >= 4 is 15.9 Å². The average Bonchev–Trinajstić information content (AvgIpc) is 2.30. The monoisotopic (exact) mass is 265 g/mol. The third kappa shape index (κ3) is 2.42. The van der Waals surface area contributed by atoms with Crippen LogP contribution in [0.5, 0.6) is 0 Å². The van der Waals surface area contributed by atoms with Crippen molar-refractivity contribution in [3.63, 3.8) is 0 Å². The van der Waals surface area contributed by atoms with Crippen LogP contribution in [-0.2, 0) is 5.33 Å². The van der Waals surface area contributed by atoms with Crippen LogP contribution in [0.1, 0.15) is 5.69 Å². The highest BCUT2D eigenvalue weighted by atomic mass is 79.9. The molecular formula is C12H9BrFN. The van der Waals surface area contributed by atoms with Crippen molar-refractivity contribution in [1.82, 2.24) is 4.98 Å². The molecule has 0 unspecified atom stereocenters. The van der Waals surface area contributed by atoms with Crippen molar-refractivity contribution in [3.8, 4) is 11.1 Å². The highest BCUT2D eigenvalue weighted by Gasteiger charge is 1.98. The van der Waals surface area contributed by atoms with E-state index in [0.717, 1.165) is 22.2 Å². The van der Waals surface area contributed by atoms with Gasteiger partial charge in [0.1, 0.15) is 5.82 Å². The summed E-state index contributed by atoms with van der Waals surface area (Å²) in [5.41, 5.74) is 2.96. The van der Waals surface area contributed by atoms with Crippen molar-refractivity contribution < 1.29 is 4.39 Å². The van der Waals surface area contributed by atoms with Gasteiger partial charge in [0.2, 0.25) is 0 Å². The van der Waals surface area contributed by atoms with E-state index in [4.69, 9.17) is 0 Å². The van der Waals surface area contributed by atoms with Crippen molar-refractivity contribution in [3.05, 3.63) is 54.1 Å². The zero-order valence-electron chi connectivity index (χ0n) is 7.95. The number of hydrogen-bond donors (Lipinski definition) is 0. The molecule has 1 aromatic heterocycles. The summed E-state index contributed by atoms with van der Waals surface area (Å²) >= 11 is 3.34. The summed E-state index contributed by atoms with van der Waals surface area (Å²) in [7, 11) is 0. The molecule has 0 fully saturated rings. The minimum absolute atomic E-state index is 0.219. The molecule has 15 heavy (non-hydrogen) atoms. The van der Waals surface area contributed by atoms with Crippen LogP contribution < -0.4 is 0 Å².